The van der Waals surface area contributed by atoms with Crippen LogP contribution < -0.4 is 0 Å². The van der Waals surface area contributed by atoms with E-state index in [9.17, 15) is 19.8 Å². The van der Waals surface area contributed by atoms with Crippen molar-refractivity contribution >= 4 is 11.6 Å². The van der Waals surface area contributed by atoms with E-state index in [4.69, 9.17) is 9.47 Å². The van der Waals surface area contributed by atoms with Crippen molar-refractivity contribution in [3.05, 3.63) is 24.3 Å². The molecule has 2 aliphatic rings. The molecule has 0 aromatic rings. The normalized spacial score (nSPS) is 36.1. The van der Waals surface area contributed by atoms with E-state index < -0.39 is 24.8 Å². The first-order valence-corrected chi connectivity index (χ1v) is 5.67. The van der Waals surface area contributed by atoms with Gasteiger partial charge in [0.25, 0.3) is 0 Å². The zero-order valence-corrected chi connectivity index (χ0v) is 9.56. The van der Waals surface area contributed by atoms with Crippen LogP contribution in [0.25, 0.3) is 0 Å². The number of carbonyl (C=O) groups excluding carboxylic acids is 2. The largest absolute Gasteiger partial charge is 0.365 e. The maximum atomic E-state index is 11.4. The molecule has 0 aliphatic carbocycles. The van der Waals surface area contributed by atoms with E-state index in [0.29, 0.717) is 0 Å². The van der Waals surface area contributed by atoms with Gasteiger partial charge in [0.1, 0.15) is 12.2 Å². The minimum absolute atomic E-state index is 0.247. The van der Waals surface area contributed by atoms with Gasteiger partial charge in [-0.3, -0.25) is 9.59 Å². The Labute approximate surface area is 104 Å². The highest BCUT2D eigenvalue weighted by Gasteiger charge is 2.29. The van der Waals surface area contributed by atoms with Crippen LogP contribution in [-0.4, -0.2) is 46.6 Å². The van der Waals surface area contributed by atoms with Crippen molar-refractivity contribution in [3.8, 4) is 0 Å². The second kappa shape index (κ2) is 5.53. The van der Waals surface area contributed by atoms with Gasteiger partial charge in [-0.15, -0.1) is 0 Å². The number of aliphatic hydroxyl groups is 2. The molecular formula is C12H14O6. The third-order valence-electron chi connectivity index (χ3n) is 2.78. The summed E-state index contributed by atoms with van der Waals surface area (Å²) in [6.07, 6.45) is 1.79. The quantitative estimate of drug-likeness (QED) is 0.702. The Kier molecular flexibility index (Phi) is 4.03. The van der Waals surface area contributed by atoms with Gasteiger partial charge in [0.15, 0.2) is 24.1 Å². The summed E-state index contributed by atoms with van der Waals surface area (Å²) in [5, 5.41) is 18.4. The molecule has 1 unspecified atom stereocenters. The van der Waals surface area contributed by atoms with E-state index in [2.05, 4.69) is 0 Å². The smallest absolute Gasteiger partial charge is 0.184 e. The number of hydrogen-bond acceptors (Lipinski definition) is 6. The van der Waals surface area contributed by atoms with Crippen LogP contribution in [0.5, 0.6) is 0 Å². The minimum Gasteiger partial charge on any atom is -0.365 e. The third-order valence-corrected chi connectivity index (χ3v) is 2.78. The molecule has 2 aliphatic heterocycles. The molecule has 6 heteroatoms. The molecule has 6 nitrogen and oxygen atoms in total. The van der Waals surface area contributed by atoms with Crippen LogP contribution in [0.1, 0.15) is 12.8 Å². The minimum atomic E-state index is -1.10. The van der Waals surface area contributed by atoms with Crippen molar-refractivity contribution in [3.63, 3.8) is 0 Å². The second-order valence-electron chi connectivity index (χ2n) is 4.13. The highest BCUT2D eigenvalue weighted by atomic mass is 16.6. The fourth-order valence-electron chi connectivity index (χ4n) is 1.85. The standard InChI is InChI=1S/C12H14O6/c13-7-1-5-11(15)17-9(7)3-4-10-8(14)2-6-12(16)18-10/h1-2,5-6,9-12,15-16H,3-4H2/t9-,10+,11+,12?/m0/s1. The number of rotatable bonds is 3. The van der Waals surface area contributed by atoms with Crippen LogP contribution in [0.15, 0.2) is 24.3 Å². The Morgan fingerprint density at radius 2 is 1.28 bits per heavy atom. The molecule has 0 bridgehead atoms. The molecule has 2 heterocycles. The van der Waals surface area contributed by atoms with Crippen molar-refractivity contribution in [2.45, 2.75) is 37.6 Å². The number of ketones is 2. The molecule has 0 saturated carbocycles. The van der Waals surface area contributed by atoms with E-state index in [1.54, 1.807) is 0 Å². The van der Waals surface area contributed by atoms with Crippen LogP contribution >= 0.6 is 0 Å². The summed E-state index contributed by atoms with van der Waals surface area (Å²) in [7, 11) is 0. The Bertz CT molecular complexity index is 361. The third kappa shape index (κ3) is 3.11. The molecule has 0 aromatic heterocycles. The zero-order chi connectivity index (χ0) is 13.1. The SMILES string of the molecule is O=C1C=C[C@H](O)O[C@H]1CC[C@H]1OC(O)C=CC1=O. The van der Waals surface area contributed by atoms with Crippen molar-refractivity contribution < 1.29 is 29.3 Å². The first kappa shape index (κ1) is 13.1. The van der Waals surface area contributed by atoms with E-state index in [1.807, 2.05) is 0 Å². The Morgan fingerprint density at radius 3 is 1.67 bits per heavy atom. The molecule has 0 fully saturated rings. The maximum absolute atomic E-state index is 11.4. The zero-order valence-electron chi connectivity index (χ0n) is 9.56. The van der Waals surface area contributed by atoms with Gasteiger partial charge in [0.05, 0.1) is 0 Å². The molecule has 2 rings (SSSR count). The lowest BCUT2D eigenvalue weighted by Crippen LogP contribution is -2.36. The molecule has 0 saturated heterocycles. The Morgan fingerprint density at radius 1 is 0.889 bits per heavy atom. The van der Waals surface area contributed by atoms with E-state index in [-0.39, 0.29) is 24.4 Å². The summed E-state index contributed by atoms with van der Waals surface area (Å²) in [4.78, 5) is 22.9. The molecule has 0 spiro atoms. The topological polar surface area (TPSA) is 93.1 Å². The highest BCUT2D eigenvalue weighted by molar-refractivity contribution is 5.95. The van der Waals surface area contributed by atoms with Gasteiger partial charge in [-0.05, 0) is 37.1 Å². The molecule has 4 atom stereocenters. The van der Waals surface area contributed by atoms with E-state index in [0.717, 1.165) is 0 Å². The number of ether oxygens (including phenoxy) is 2. The molecule has 2 N–H and O–H groups in total. The number of hydrogen-bond donors (Lipinski definition) is 2. The first-order chi connectivity index (χ1) is 8.56. The van der Waals surface area contributed by atoms with Gasteiger partial charge >= 0.3 is 0 Å². The summed E-state index contributed by atoms with van der Waals surface area (Å²) in [5.74, 6) is -0.501. The van der Waals surface area contributed by atoms with Gasteiger partial charge in [0, 0.05) is 0 Å². The lowest BCUT2D eigenvalue weighted by molar-refractivity contribution is -0.158. The predicted molar refractivity (Wildman–Crippen MR) is 59.3 cm³/mol. The van der Waals surface area contributed by atoms with Gasteiger partial charge in [-0.25, -0.2) is 0 Å². The first-order valence-electron chi connectivity index (χ1n) is 5.67. The Balaban J connectivity index is 1.88. The molecule has 18 heavy (non-hydrogen) atoms. The van der Waals surface area contributed by atoms with Crippen LogP contribution in [0, 0.1) is 0 Å². The van der Waals surface area contributed by atoms with E-state index in [1.165, 1.54) is 24.3 Å². The lowest BCUT2D eigenvalue weighted by Gasteiger charge is -2.25. The van der Waals surface area contributed by atoms with Crippen LogP contribution in [0.2, 0.25) is 0 Å². The average Bonchev–Trinajstić information content (AvgIpc) is 2.34. The van der Waals surface area contributed by atoms with Crippen molar-refractivity contribution in [2.75, 3.05) is 0 Å². The van der Waals surface area contributed by atoms with Crippen LogP contribution in [0.4, 0.5) is 0 Å². The fourth-order valence-corrected chi connectivity index (χ4v) is 1.85. The predicted octanol–water partition coefficient (Wildman–Crippen LogP) is -0.548. The van der Waals surface area contributed by atoms with Crippen molar-refractivity contribution in [2.24, 2.45) is 0 Å². The lowest BCUT2D eigenvalue weighted by atomic mass is 10.0. The van der Waals surface area contributed by atoms with Gasteiger partial charge in [-0.2, -0.15) is 0 Å². The van der Waals surface area contributed by atoms with Gasteiger partial charge in [0.2, 0.25) is 0 Å². The summed E-state index contributed by atoms with van der Waals surface area (Å²) in [6.45, 7) is 0. The van der Waals surface area contributed by atoms with Crippen molar-refractivity contribution in [1.82, 2.24) is 0 Å². The van der Waals surface area contributed by atoms with Gasteiger partial charge in [-0.1, -0.05) is 0 Å². The summed E-state index contributed by atoms with van der Waals surface area (Å²) < 4.78 is 10.0. The monoisotopic (exact) mass is 254 g/mol. The molecule has 98 valence electrons. The van der Waals surface area contributed by atoms with Crippen LogP contribution in [-0.2, 0) is 19.1 Å². The summed E-state index contributed by atoms with van der Waals surface area (Å²) in [6, 6.07) is 0. The highest BCUT2D eigenvalue weighted by Crippen LogP contribution is 2.18. The number of aliphatic hydroxyl groups excluding tert-OH is 2. The van der Waals surface area contributed by atoms with Crippen molar-refractivity contribution in [1.29, 1.82) is 0 Å². The molecule has 0 radical (unpaired) electrons. The molecule has 0 aromatic carbocycles. The molecule has 0 amide bonds. The summed E-state index contributed by atoms with van der Waals surface area (Å²) in [5.41, 5.74) is 0. The maximum Gasteiger partial charge on any atom is 0.184 e. The van der Waals surface area contributed by atoms with E-state index >= 15 is 0 Å². The second-order valence-corrected chi connectivity index (χ2v) is 4.13. The fraction of sp³-hybridized carbons (Fsp3) is 0.500. The number of carbonyl (C=O) groups is 2. The average molecular weight is 254 g/mol. The molecular weight excluding hydrogens is 240 g/mol. The Hall–Kier alpha value is -1.34. The van der Waals surface area contributed by atoms with Gasteiger partial charge < -0.3 is 19.7 Å². The van der Waals surface area contributed by atoms with Crippen LogP contribution in [0.3, 0.4) is 0 Å². The summed E-state index contributed by atoms with van der Waals surface area (Å²) >= 11 is 0.